The molecule has 1 aromatic heterocycles. The van der Waals surface area contributed by atoms with Gasteiger partial charge in [-0.3, -0.25) is 0 Å². The van der Waals surface area contributed by atoms with E-state index in [0.717, 1.165) is 5.92 Å². The van der Waals surface area contributed by atoms with Crippen LogP contribution < -0.4 is 5.32 Å². The summed E-state index contributed by atoms with van der Waals surface area (Å²) < 4.78 is 0. The van der Waals surface area contributed by atoms with Gasteiger partial charge in [0.2, 0.25) is 0 Å². The zero-order valence-corrected chi connectivity index (χ0v) is 11.0. The molecule has 0 aromatic carbocycles. The van der Waals surface area contributed by atoms with Crippen LogP contribution in [0.3, 0.4) is 0 Å². The van der Waals surface area contributed by atoms with E-state index in [2.05, 4.69) is 19.3 Å². The van der Waals surface area contributed by atoms with E-state index in [1.807, 2.05) is 11.3 Å². The average Bonchev–Trinajstić information content (AvgIpc) is 2.90. The Labute approximate surface area is 101 Å². The van der Waals surface area contributed by atoms with Crippen LogP contribution in [0.1, 0.15) is 48.2 Å². The van der Waals surface area contributed by atoms with E-state index < -0.39 is 0 Å². The third-order valence-corrected chi connectivity index (χ3v) is 5.59. The molecule has 16 heavy (non-hydrogen) atoms. The van der Waals surface area contributed by atoms with E-state index in [1.54, 1.807) is 4.88 Å². The Morgan fingerprint density at radius 2 is 2.25 bits per heavy atom. The summed E-state index contributed by atoms with van der Waals surface area (Å²) >= 11 is 1.97. The van der Waals surface area contributed by atoms with E-state index in [9.17, 15) is 0 Å². The Balaban J connectivity index is 1.98. The van der Waals surface area contributed by atoms with Crippen LogP contribution in [-0.4, -0.2) is 12.0 Å². The summed E-state index contributed by atoms with van der Waals surface area (Å²) in [6.45, 7) is 2.29. The van der Waals surface area contributed by atoms with Crippen LogP contribution in [0.5, 0.6) is 0 Å². The minimum Gasteiger partial charge on any atom is -0.308 e. The summed E-state index contributed by atoms with van der Waals surface area (Å²) in [4.78, 5) is 6.48. The molecule has 0 bridgehead atoms. The van der Waals surface area contributed by atoms with Crippen LogP contribution in [0.25, 0.3) is 0 Å². The van der Waals surface area contributed by atoms with Gasteiger partial charge in [-0.15, -0.1) is 11.3 Å². The number of fused-ring (bicyclic) bond motifs is 1. The highest BCUT2D eigenvalue weighted by Gasteiger charge is 2.46. The van der Waals surface area contributed by atoms with Crippen LogP contribution in [0.2, 0.25) is 0 Å². The minimum atomic E-state index is 0.189. The number of nitrogens with zero attached hydrogens (tertiary/aromatic N) is 1. The molecule has 2 nitrogen and oxygen atoms in total. The maximum atomic E-state index is 4.92. The second kappa shape index (κ2) is 3.81. The normalized spacial score (nSPS) is 23.1. The molecule has 0 amide bonds. The van der Waals surface area contributed by atoms with Crippen LogP contribution in [0, 0.1) is 5.92 Å². The first kappa shape index (κ1) is 10.7. The summed E-state index contributed by atoms with van der Waals surface area (Å²) in [7, 11) is 2.11. The van der Waals surface area contributed by atoms with Crippen molar-refractivity contribution in [2.75, 3.05) is 7.05 Å². The molecule has 0 aliphatic heterocycles. The third kappa shape index (κ3) is 1.45. The Hall–Kier alpha value is -0.410. The SMILES string of the molecule is CCC(NC)(c1nc2c(s1)CCC2)C1CC1. The number of aromatic nitrogens is 1. The van der Waals surface area contributed by atoms with Crippen molar-refractivity contribution in [2.24, 2.45) is 5.92 Å². The quantitative estimate of drug-likeness (QED) is 0.869. The van der Waals surface area contributed by atoms with Gasteiger partial charge in [0.25, 0.3) is 0 Å². The Kier molecular flexibility index (Phi) is 2.55. The molecule has 1 atom stereocenters. The van der Waals surface area contributed by atoms with Gasteiger partial charge in [-0.05, 0) is 51.5 Å². The van der Waals surface area contributed by atoms with Gasteiger partial charge < -0.3 is 5.32 Å². The van der Waals surface area contributed by atoms with Crippen LogP contribution >= 0.6 is 11.3 Å². The third-order valence-electron chi connectivity index (χ3n) is 4.26. The van der Waals surface area contributed by atoms with Crippen molar-refractivity contribution in [3.8, 4) is 0 Å². The topological polar surface area (TPSA) is 24.9 Å². The standard InChI is InChI=1S/C13H20N2S/c1-3-13(14-2,9-7-8-9)12-15-10-5-4-6-11(10)16-12/h9,14H,3-8H2,1-2H3. The molecule has 1 N–H and O–H groups in total. The molecule has 1 fully saturated rings. The number of nitrogens with one attached hydrogen (secondary N) is 1. The van der Waals surface area contributed by atoms with Gasteiger partial charge in [0.05, 0.1) is 11.2 Å². The summed E-state index contributed by atoms with van der Waals surface area (Å²) in [5.74, 6) is 0.828. The first-order valence-electron chi connectivity index (χ1n) is 6.48. The van der Waals surface area contributed by atoms with Crippen LogP contribution in [-0.2, 0) is 18.4 Å². The lowest BCUT2D eigenvalue weighted by Crippen LogP contribution is -2.41. The number of hydrogen-bond acceptors (Lipinski definition) is 3. The molecule has 88 valence electrons. The van der Waals surface area contributed by atoms with Crippen molar-refractivity contribution in [1.29, 1.82) is 0 Å². The summed E-state index contributed by atoms with van der Waals surface area (Å²) in [6, 6.07) is 0. The van der Waals surface area contributed by atoms with Gasteiger partial charge in [-0.1, -0.05) is 6.92 Å². The lowest BCUT2D eigenvalue weighted by atomic mass is 9.91. The van der Waals surface area contributed by atoms with Crippen molar-refractivity contribution >= 4 is 11.3 Å². The molecule has 1 aromatic rings. The summed E-state index contributed by atoms with van der Waals surface area (Å²) in [5.41, 5.74) is 1.59. The lowest BCUT2D eigenvalue weighted by Gasteiger charge is -2.30. The van der Waals surface area contributed by atoms with Crippen molar-refractivity contribution in [3.05, 3.63) is 15.6 Å². The van der Waals surface area contributed by atoms with Gasteiger partial charge in [-0.2, -0.15) is 0 Å². The first-order valence-corrected chi connectivity index (χ1v) is 7.29. The van der Waals surface area contributed by atoms with E-state index in [1.165, 1.54) is 49.2 Å². The number of thiazole rings is 1. The zero-order chi connectivity index (χ0) is 11.2. The largest absolute Gasteiger partial charge is 0.308 e. The highest BCUT2D eigenvalue weighted by Crippen LogP contribution is 2.49. The molecule has 2 aliphatic carbocycles. The molecule has 1 heterocycles. The van der Waals surface area contributed by atoms with E-state index in [0.29, 0.717) is 0 Å². The number of hydrogen-bond donors (Lipinski definition) is 1. The van der Waals surface area contributed by atoms with Crippen molar-refractivity contribution in [1.82, 2.24) is 10.3 Å². The monoisotopic (exact) mass is 236 g/mol. The Morgan fingerprint density at radius 1 is 1.44 bits per heavy atom. The second-order valence-electron chi connectivity index (χ2n) is 5.09. The summed E-state index contributed by atoms with van der Waals surface area (Å²) in [5, 5.41) is 4.95. The van der Waals surface area contributed by atoms with Gasteiger partial charge >= 0.3 is 0 Å². The fraction of sp³-hybridized carbons (Fsp3) is 0.769. The maximum absolute atomic E-state index is 4.92. The fourth-order valence-electron chi connectivity index (χ4n) is 3.06. The van der Waals surface area contributed by atoms with Crippen molar-refractivity contribution < 1.29 is 0 Å². The van der Waals surface area contributed by atoms with Gasteiger partial charge in [0.15, 0.2) is 0 Å². The first-order chi connectivity index (χ1) is 7.80. The van der Waals surface area contributed by atoms with Crippen molar-refractivity contribution in [2.45, 2.75) is 51.0 Å². The molecule has 0 saturated heterocycles. The zero-order valence-electron chi connectivity index (χ0n) is 10.2. The van der Waals surface area contributed by atoms with E-state index in [-0.39, 0.29) is 5.54 Å². The number of aryl methyl sites for hydroxylation is 2. The minimum absolute atomic E-state index is 0.189. The smallest absolute Gasteiger partial charge is 0.114 e. The van der Waals surface area contributed by atoms with Gasteiger partial charge in [-0.25, -0.2) is 4.98 Å². The average molecular weight is 236 g/mol. The molecule has 2 aliphatic rings. The molecule has 0 spiro atoms. The molecular formula is C13H20N2S. The van der Waals surface area contributed by atoms with Crippen LogP contribution in [0.15, 0.2) is 0 Å². The summed E-state index contributed by atoms with van der Waals surface area (Å²) in [6.07, 6.45) is 7.70. The van der Waals surface area contributed by atoms with Crippen LogP contribution in [0.4, 0.5) is 0 Å². The Morgan fingerprint density at radius 3 is 2.81 bits per heavy atom. The molecule has 3 heteroatoms. The molecule has 0 radical (unpaired) electrons. The highest BCUT2D eigenvalue weighted by molar-refractivity contribution is 7.12. The number of rotatable bonds is 4. The van der Waals surface area contributed by atoms with Crippen molar-refractivity contribution in [3.63, 3.8) is 0 Å². The Bertz CT molecular complexity index is 367. The highest BCUT2D eigenvalue weighted by atomic mass is 32.1. The molecular weight excluding hydrogens is 216 g/mol. The molecule has 1 unspecified atom stereocenters. The predicted molar refractivity (Wildman–Crippen MR) is 67.9 cm³/mol. The van der Waals surface area contributed by atoms with Gasteiger partial charge in [0.1, 0.15) is 5.01 Å². The van der Waals surface area contributed by atoms with E-state index >= 15 is 0 Å². The van der Waals surface area contributed by atoms with E-state index in [4.69, 9.17) is 4.98 Å². The maximum Gasteiger partial charge on any atom is 0.114 e. The lowest BCUT2D eigenvalue weighted by molar-refractivity contribution is 0.297. The molecule has 1 saturated carbocycles. The second-order valence-corrected chi connectivity index (χ2v) is 6.18. The van der Waals surface area contributed by atoms with Gasteiger partial charge in [0, 0.05) is 4.88 Å². The predicted octanol–water partition coefficient (Wildman–Crippen LogP) is 2.87. The molecule has 3 rings (SSSR count). The fourth-order valence-corrected chi connectivity index (χ4v) is 4.56.